The van der Waals surface area contributed by atoms with Crippen LogP contribution in [0.4, 0.5) is 11.4 Å². The maximum absolute atomic E-state index is 12.3. The summed E-state index contributed by atoms with van der Waals surface area (Å²) in [6, 6.07) is 14.8. The second-order valence-corrected chi connectivity index (χ2v) is 7.33. The van der Waals surface area contributed by atoms with Gasteiger partial charge in [-0.2, -0.15) is 0 Å². The van der Waals surface area contributed by atoms with E-state index in [9.17, 15) is 19.7 Å². The number of carbonyl (C=O) groups excluding carboxylic acids is 2. The number of para-hydroxylation sites is 1. The van der Waals surface area contributed by atoms with Crippen LogP contribution in [0, 0.1) is 10.1 Å². The van der Waals surface area contributed by atoms with E-state index < -0.39 is 4.92 Å². The summed E-state index contributed by atoms with van der Waals surface area (Å²) in [5.41, 5.74) is 0.883. The van der Waals surface area contributed by atoms with Crippen LogP contribution in [-0.2, 0) is 18.3 Å². The van der Waals surface area contributed by atoms with E-state index in [1.807, 2.05) is 30.3 Å². The van der Waals surface area contributed by atoms with Crippen molar-refractivity contribution >= 4 is 34.8 Å². The topological polar surface area (TPSA) is 120 Å². The van der Waals surface area contributed by atoms with Gasteiger partial charge >= 0.3 is 0 Å². The number of aromatic nitrogens is 3. The molecule has 0 saturated carbocycles. The van der Waals surface area contributed by atoms with Gasteiger partial charge in [0.15, 0.2) is 10.9 Å². The van der Waals surface area contributed by atoms with E-state index >= 15 is 0 Å². The molecule has 0 aliphatic heterocycles. The quantitative estimate of drug-likeness (QED) is 0.242. The minimum absolute atomic E-state index is 0.0711. The first-order valence-corrected chi connectivity index (χ1v) is 10.1. The summed E-state index contributed by atoms with van der Waals surface area (Å²) in [7, 11) is 1.77. The van der Waals surface area contributed by atoms with Gasteiger partial charge in [-0.25, -0.2) is 0 Å². The number of anilines is 1. The summed E-state index contributed by atoms with van der Waals surface area (Å²) in [5.74, 6) is 0.333. The van der Waals surface area contributed by atoms with Crippen molar-refractivity contribution in [1.82, 2.24) is 14.8 Å². The molecule has 0 bridgehead atoms. The van der Waals surface area contributed by atoms with E-state index in [4.69, 9.17) is 0 Å². The lowest BCUT2D eigenvalue weighted by Gasteiger charge is -2.05. The minimum atomic E-state index is -0.535. The Labute approximate surface area is 176 Å². The molecule has 30 heavy (non-hydrogen) atoms. The van der Waals surface area contributed by atoms with Crippen molar-refractivity contribution in [2.45, 2.75) is 18.0 Å². The number of nitrogens with one attached hydrogen (secondary N) is 1. The molecule has 0 spiro atoms. The van der Waals surface area contributed by atoms with Crippen LogP contribution in [0.5, 0.6) is 0 Å². The van der Waals surface area contributed by atoms with Crippen molar-refractivity contribution in [1.29, 1.82) is 0 Å². The fourth-order valence-corrected chi connectivity index (χ4v) is 3.49. The molecule has 3 rings (SSSR count). The fourth-order valence-electron chi connectivity index (χ4n) is 2.67. The summed E-state index contributed by atoms with van der Waals surface area (Å²) in [4.78, 5) is 34.7. The minimum Gasteiger partial charge on any atom is -0.326 e. The first-order valence-electron chi connectivity index (χ1n) is 9.07. The Balaban J connectivity index is 1.53. The number of hydrogen-bond acceptors (Lipinski definition) is 7. The molecule has 10 heteroatoms. The van der Waals surface area contributed by atoms with Gasteiger partial charge in [0.2, 0.25) is 5.91 Å². The number of aryl methyl sites for hydroxylation is 1. The molecule has 0 aliphatic rings. The molecule has 0 fully saturated rings. The Morgan fingerprint density at radius 2 is 1.90 bits per heavy atom. The number of benzene rings is 2. The molecule has 3 aromatic rings. The van der Waals surface area contributed by atoms with Gasteiger partial charge in [0.1, 0.15) is 5.82 Å². The van der Waals surface area contributed by atoms with Crippen LogP contribution >= 0.6 is 11.8 Å². The highest BCUT2D eigenvalue weighted by molar-refractivity contribution is 7.99. The largest absolute Gasteiger partial charge is 0.326 e. The van der Waals surface area contributed by atoms with E-state index in [-0.39, 0.29) is 35.1 Å². The molecule has 1 N–H and O–H groups in total. The van der Waals surface area contributed by atoms with Gasteiger partial charge in [-0.1, -0.05) is 42.1 Å². The lowest BCUT2D eigenvalue weighted by atomic mass is 10.1. The highest BCUT2D eigenvalue weighted by Gasteiger charge is 2.15. The SMILES string of the molecule is Cn1c(CCC(=O)Nc2ccccc2)nnc1SCC(=O)c1cccc([N+](=O)[O-])c1. The van der Waals surface area contributed by atoms with Crippen LogP contribution < -0.4 is 5.32 Å². The highest BCUT2D eigenvalue weighted by atomic mass is 32.2. The average molecular weight is 425 g/mol. The maximum Gasteiger partial charge on any atom is 0.270 e. The molecular weight excluding hydrogens is 406 g/mol. The molecule has 0 aliphatic carbocycles. The van der Waals surface area contributed by atoms with Gasteiger partial charge in [0, 0.05) is 43.3 Å². The molecule has 0 saturated heterocycles. The van der Waals surface area contributed by atoms with Gasteiger partial charge in [-0.3, -0.25) is 19.7 Å². The number of nitro groups is 1. The predicted molar refractivity (Wildman–Crippen MR) is 113 cm³/mol. The second-order valence-electron chi connectivity index (χ2n) is 6.39. The first kappa shape index (κ1) is 21.2. The van der Waals surface area contributed by atoms with E-state index in [0.717, 1.165) is 5.69 Å². The van der Waals surface area contributed by atoms with E-state index in [1.165, 1.54) is 30.0 Å². The number of carbonyl (C=O) groups is 2. The predicted octanol–water partition coefficient (Wildman–Crippen LogP) is 3.27. The fraction of sp³-hybridized carbons (Fsp3) is 0.200. The molecule has 1 aromatic heterocycles. The lowest BCUT2D eigenvalue weighted by molar-refractivity contribution is -0.384. The van der Waals surface area contributed by atoms with Crippen molar-refractivity contribution in [3.8, 4) is 0 Å². The van der Waals surface area contributed by atoms with Crippen LogP contribution in [0.1, 0.15) is 22.6 Å². The van der Waals surface area contributed by atoms with Crippen molar-refractivity contribution in [2.24, 2.45) is 7.05 Å². The van der Waals surface area contributed by atoms with Gasteiger partial charge in [-0.05, 0) is 12.1 Å². The number of Topliss-reactive ketones (excluding diaryl/α,β-unsaturated/α-hetero) is 1. The molecule has 154 valence electrons. The Morgan fingerprint density at radius 1 is 1.13 bits per heavy atom. The van der Waals surface area contributed by atoms with Crippen molar-refractivity contribution in [3.63, 3.8) is 0 Å². The average Bonchev–Trinajstić information content (AvgIpc) is 3.10. The zero-order chi connectivity index (χ0) is 21.5. The van der Waals surface area contributed by atoms with Crippen molar-refractivity contribution < 1.29 is 14.5 Å². The van der Waals surface area contributed by atoms with Gasteiger partial charge in [0.25, 0.3) is 5.69 Å². The zero-order valence-corrected chi connectivity index (χ0v) is 17.0. The molecule has 1 amide bonds. The van der Waals surface area contributed by atoms with E-state index in [0.29, 0.717) is 17.4 Å². The molecule has 1 heterocycles. The van der Waals surface area contributed by atoms with Gasteiger partial charge in [0.05, 0.1) is 10.7 Å². The van der Waals surface area contributed by atoms with Crippen molar-refractivity contribution in [2.75, 3.05) is 11.1 Å². The molecule has 0 unspecified atom stereocenters. The number of non-ortho nitro benzene ring substituents is 1. The summed E-state index contributed by atoms with van der Waals surface area (Å²) in [5, 5.41) is 22.4. The first-order chi connectivity index (χ1) is 14.4. The third kappa shape index (κ3) is 5.51. The van der Waals surface area contributed by atoms with Crippen LogP contribution in [0.15, 0.2) is 59.8 Å². The van der Waals surface area contributed by atoms with Crippen LogP contribution in [-0.4, -0.2) is 37.1 Å². The maximum atomic E-state index is 12.3. The second kappa shape index (κ2) is 9.79. The standard InChI is InChI=1S/C20H19N5O4S/c1-24-18(10-11-19(27)21-15-7-3-2-4-8-15)22-23-20(24)30-13-17(26)14-6-5-9-16(12-14)25(28)29/h2-9,12H,10-11,13H2,1H3,(H,21,27). The molecule has 2 aromatic carbocycles. The van der Waals surface area contributed by atoms with Gasteiger partial charge < -0.3 is 9.88 Å². The lowest BCUT2D eigenvalue weighted by Crippen LogP contribution is -2.13. The number of nitrogens with zero attached hydrogens (tertiary/aromatic N) is 4. The normalized spacial score (nSPS) is 10.6. The van der Waals surface area contributed by atoms with Crippen LogP contribution in [0.3, 0.4) is 0 Å². The number of ketones is 1. The van der Waals surface area contributed by atoms with Crippen LogP contribution in [0.2, 0.25) is 0 Å². The number of hydrogen-bond donors (Lipinski definition) is 1. The summed E-state index contributed by atoms with van der Waals surface area (Å²) in [6.45, 7) is 0. The smallest absolute Gasteiger partial charge is 0.270 e. The highest BCUT2D eigenvalue weighted by Crippen LogP contribution is 2.20. The number of rotatable bonds is 9. The third-order valence-corrected chi connectivity index (χ3v) is 5.29. The Morgan fingerprint density at radius 3 is 2.63 bits per heavy atom. The van der Waals surface area contributed by atoms with Crippen LogP contribution in [0.25, 0.3) is 0 Å². The monoisotopic (exact) mass is 425 g/mol. The Kier molecular flexibility index (Phi) is 6.91. The van der Waals surface area contributed by atoms with Gasteiger partial charge in [-0.15, -0.1) is 10.2 Å². The Hall–Kier alpha value is -3.53. The van der Waals surface area contributed by atoms with E-state index in [1.54, 1.807) is 17.7 Å². The molecule has 0 atom stereocenters. The third-order valence-electron chi connectivity index (χ3n) is 4.27. The zero-order valence-electron chi connectivity index (χ0n) is 16.1. The molecule has 9 nitrogen and oxygen atoms in total. The van der Waals surface area contributed by atoms with E-state index in [2.05, 4.69) is 15.5 Å². The molecule has 0 radical (unpaired) electrons. The molecular formula is C20H19N5O4S. The number of amides is 1. The summed E-state index contributed by atoms with van der Waals surface area (Å²) >= 11 is 1.19. The number of nitro benzene ring substituents is 1. The summed E-state index contributed by atoms with van der Waals surface area (Å²) in [6.07, 6.45) is 0.652. The Bertz CT molecular complexity index is 1070. The van der Waals surface area contributed by atoms with Crippen molar-refractivity contribution in [3.05, 3.63) is 76.1 Å². The summed E-state index contributed by atoms with van der Waals surface area (Å²) < 4.78 is 1.74. The number of thioether (sulfide) groups is 1.